The summed E-state index contributed by atoms with van der Waals surface area (Å²) in [6.45, 7) is 2.50. The first kappa shape index (κ1) is 25.1. The van der Waals surface area contributed by atoms with Crippen molar-refractivity contribution < 1.29 is 10.2 Å². The van der Waals surface area contributed by atoms with Gasteiger partial charge in [-0.2, -0.15) is 14.8 Å². The van der Waals surface area contributed by atoms with Crippen molar-refractivity contribution in [2.45, 2.75) is 50.6 Å². The number of halogens is 1. The van der Waals surface area contributed by atoms with Crippen molar-refractivity contribution in [3.8, 4) is 11.5 Å². The lowest BCUT2D eigenvalue weighted by Crippen LogP contribution is -2.15. The summed E-state index contributed by atoms with van der Waals surface area (Å²) in [5, 5.41) is 36.0. The summed E-state index contributed by atoms with van der Waals surface area (Å²) in [7, 11) is 0. The first-order valence-electron chi connectivity index (χ1n) is 13.0. The largest absolute Gasteiger partial charge is 0.508 e. The Balaban J connectivity index is 1.26. The van der Waals surface area contributed by atoms with Crippen LogP contribution in [-0.4, -0.2) is 56.5 Å². The number of anilines is 1. The highest BCUT2D eigenvalue weighted by Gasteiger charge is 2.31. The fourth-order valence-electron chi connectivity index (χ4n) is 5.27. The van der Waals surface area contributed by atoms with Crippen molar-refractivity contribution in [1.82, 2.24) is 39.7 Å². The van der Waals surface area contributed by atoms with Crippen molar-refractivity contribution in [1.29, 1.82) is 0 Å². The number of hydrogen-bond donors (Lipinski definition) is 3. The van der Waals surface area contributed by atoms with Gasteiger partial charge in [0.2, 0.25) is 5.28 Å². The number of aromatic hydroxyl groups is 2. The van der Waals surface area contributed by atoms with Gasteiger partial charge in [0.15, 0.2) is 22.8 Å². The van der Waals surface area contributed by atoms with E-state index in [0.29, 0.717) is 23.5 Å². The molecule has 1 fully saturated rings. The van der Waals surface area contributed by atoms with Crippen LogP contribution >= 0.6 is 11.6 Å². The molecule has 5 aromatic rings. The third-order valence-corrected chi connectivity index (χ3v) is 7.51. The number of hydrogen-bond acceptors (Lipinski definition) is 9. The topological polar surface area (TPSA) is 140 Å². The highest BCUT2D eigenvalue weighted by molar-refractivity contribution is 6.28. The van der Waals surface area contributed by atoms with Gasteiger partial charge in [0.05, 0.1) is 12.4 Å². The quantitative estimate of drug-likeness (QED) is 0.238. The van der Waals surface area contributed by atoms with E-state index >= 15 is 0 Å². The number of benzene rings is 2. The Bertz CT molecular complexity index is 1540. The molecule has 1 aliphatic rings. The molecule has 3 N–H and O–H groups in total. The minimum atomic E-state index is -0.0872. The van der Waals surface area contributed by atoms with Crippen LogP contribution < -0.4 is 5.32 Å². The maximum atomic E-state index is 9.79. The van der Waals surface area contributed by atoms with Crippen molar-refractivity contribution in [3.63, 3.8) is 0 Å². The molecule has 1 aliphatic carbocycles. The molecular formula is C27H28ClN9O2. The SMILES string of the molecule is CCc1nnn([C@H]2CCC(n3cnc4c(NCC(c5ccc(O)cc5)c5ccc(O)cc5)nc(Cl)nc43)C2)n1. The highest BCUT2D eigenvalue weighted by Crippen LogP contribution is 2.39. The molecule has 0 radical (unpaired) electrons. The zero-order valence-corrected chi connectivity index (χ0v) is 22.1. The van der Waals surface area contributed by atoms with E-state index in [1.807, 2.05) is 31.2 Å². The molecule has 200 valence electrons. The van der Waals surface area contributed by atoms with Gasteiger partial charge >= 0.3 is 0 Å². The molecule has 11 nitrogen and oxygen atoms in total. The smallest absolute Gasteiger partial charge is 0.226 e. The zero-order chi connectivity index (χ0) is 26.9. The van der Waals surface area contributed by atoms with Gasteiger partial charge in [0.1, 0.15) is 11.5 Å². The van der Waals surface area contributed by atoms with Gasteiger partial charge in [0, 0.05) is 24.9 Å². The van der Waals surface area contributed by atoms with Crippen molar-refractivity contribution >= 4 is 28.6 Å². The number of aryl methyl sites for hydroxylation is 1. The Morgan fingerprint density at radius 2 is 1.64 bits per heavy atom. The molecular weight excluding hydrogens is 518 g/mol. The Hall–Kier alpha value is -4.25. The first-order chi connectivity index (χ1) is 19.0. The van der Waals surface area contributed by atoms with Crippen molar-refractivity contribution in [2.75, 3.05) is 11.9 Å². The van der Waals surface area contributed by atoms with E-state index in [9.17, 15) is 10.2 Å². The van der Waals surface area contributed by atoms with E-state index in [-0.39, 0.29) is 34.8 Å². The minimum absolute atomic E-state index is 0.0872. The molecule has 3 heterocycles. The second-order valence-corrected chi connectivity index (χ2v) is 10.1. The third-order valence-electron chi connectivity index (χ3n) is 7.34. The summed E-state index contributed by atoms with van der Waals surface area (Å²) >= 11 is 6.40. The molecule has 39 heavy (non-hydrogen) atoms. The summed E-state index contributed by atoms with van der Waals surface area (Å²) in [6, 6.07) is 14.5. The van der Waals surface area contributed by atoms with Gasteiger partial charge in [-0.15, -0.1) is 10.2 Å². The first-order valence-corrected chi connectivity index (χ1v) is 13.4. The second kappa shape index (κ2) is 10.5. The van der Waals surface area contributed by atoms with Gasteiger partial charge in [-0.05, 0) is 71.5 Å². The number of aromatic nitrogens is 8. The van der Waals surface area contributed by atoms with Crippen LogP contribution in [0, 0.1) is 0 Å². The lowest BCUT2D eigenvalue weighted by molar-refractivity contribution is 0.387. The van der Waals surface area contributed by atoms with Crippen molar-refractivity contribution in [3.05, 3.63) is 77.1 Å². The predicted octanol–water partition coefficient (Wildman–Crippen LogP) is 4.65. The molecule has 1 unspecified atom stereocenters. The lowest BCUT2D eigenvalue weighted by Gasteiger charge is -2.20. The van der Waals surface area contributed by atoms with Gasteiger partial charge in [0.25, 0.3) is 0 Å². The number of nitrogens with one attached hydrogen (secondary N) is 1. The standard InChI is InChI=1S/C27H28ClN9O2/c1-2-23-33-35-37(34-23)19-8-7-18(13-19)36-15-30-24-25(31-27(28)32-26(24)36)29-14-22(16-3-9-20(38)10-4-16)17-5-11-21(39)12-6-17/h3-6,9-12,15,18-19,22,38-39H,2,7-8,13-14H2,1H3,(H,29,31,32)/t18?,19-/m0/s1. The van der Waals surface area contributed by atoms with Crippen LogP contribution in [-0.2, 0) is 6.42 Å². The second-order valence-electron chi connectivity index (χ2n) is 9.78. The molecule has 0 saturated heterocycles. The van der Waals surface area contributed by atoms with Crippen LogP contribution in [0.25, 0.3) is 11.2 Å². The van der Waals surface area contributed by atoms with Crippen LogP contribution in [0.3, 0.4) is 0 Å². The van der Waals surface area contributed by atoms with Crippen molar-refractivity contribution in [2.24, 2.45) is 0 Å². The maximum Gasteiger partial charge on any atom is 0.226 e. The average molecular weight is 546 g/mol. The third kappa shape index (κ3) is 5.09. The number of fused-ring (bicyclic) bond motifs is 1. The summed E-state index contributed by atoms with van der Waals surface area (Å²) < 4.78 is 2.07. The molecule has 0 spiro atoms. The monoisotopic (exact) mass is 545 g/mol. The van der Waals surface area contributed by atoms with Gasteiger partial charge in [-0.1, -0.05) is 31.2 Å². The molecule has 0 aliphatic heterocycles. The number of tetrazole rings is 1. The highest BCUT2D eigenvalue weighted by atomic mass is 35.5. The number of imidazole rings is 1. The molecule has 12 heteroatoms. The van der Waals surface area contributed by atoms with E-state index < -0.39 is 0 Å². The zero-order valence-electron chi connectivity index (χ0n) is 21.3. The molecule has 2 aromatic carbocycles. The molecule has 0 amide bonds. The van der Waals surface area contributed by atoms with Gasteiger partial charge < -0.3 is 20.1 Å². The van der Waals surface area contributed by atoms with Gasteiger partial charge in [-0.25, -0.2) is 4.98 Å². The predicted molar refractivity (Wildman–Crippen MR) is 146 cm³/mol. The normalized spacial score (nSPS) is 17.3. The van der Waals surface area contributed by atoms with Crippen LogP contribution in [0.15, 0.2) is 54.9 Å². The molecule has 6 rings (SSSR count). The minimum Gasteiger partial charge on any atom is -0.508 e. The van der Waals surface area contributed by atoms with E-state index in [0.717, 1.165) is 42.6 Å². The fraction of sp³-hybridized carbons (Fsp3) is 0.333. The van der Waals surface area contributed by atoms with E-state index in [1.165, 1.54) is 0 Å². The van der Waals surface area contributed by atoms with Crippen LogP contribution in [0.5, 0.6) is 11.5 Å². The fourth-order valence-corrected chi connectivity index (χ4v) is 5.43. The van der Waals surface area contributed by atoms with E-state index in [4.69, 9.17) is 11.6 Å². The lowest BCUT2D eigenvalue weighted by atomic mass is 9.91. The Morgan fingerprint density at radius 3 is 2.28 bits per heavy atom. The number of phenolic OH excluding ortho intramolecular Hbond substituents is 2. The van der Waals surface area contributed by atoms with Crippen LogP contribution in [0.2, 0.25) is 5.28 Å². The number of rotatable bonds is 8. The van der Waals surface area contributed by atoms with Gasteiger partial charge in [-0.3, -0.25) is 0 Å². The Morgan fingerprint density at radius 1 is 0.974 bits per heavy atom. The molecule has 0 bridgehead atoms. The summed E-state index contributed by atoms with van der Waals surface area (Å²) in [5.74, 6) is 1.61. The molecule has 3 aromatic heterocycles. The summed E-state index contributed by atoms with van der Waals surface area (Å²) in [5.41, 5.74) is 3.32. The summed E-state index contributed by atoms with van der Waals surface area (Å²) in [4.78, 5) is 15.4. The van der Waals surface area contributed by atoms with E-state index in [2.05, 4.69) is 40.2 Å². The van der Waals surface area contributed by atoms with Crippen LogP contribution in [0.4, 0.5) is 5.82 Å². The Labute approximate surface area is 229 Å². The number of nitrogens with zero attached hydrogens (tertiary/aromatic N) is 8. The number of phenols is 2. The van der Waals surface area contributed by atoms with Crippen LogP contribution in [0.1, 0.15) is 61.1 Å². The Kier molecular flexibility index (Phi) is 6.74. The maximum absolute atomic E-state index is 9.79. The summed E-state index contributed by atoms with van der Waals surface area (Å²) in [6.07, 6.45) is 5.28. The molecule has 1 saturated carbocycles. The van der Waals surface area contributed by atoms with E-state index in [1.54, 1.807) is 35.4 Å². The average Bonchev–Trinajstić information content (AvgIpc) is 3.70. The molecule has 2 atom stereocenters.